The Morgan fingerprint density at radius 2 is 1.81 bits per heavy atom. The number of hydrogen-bond acceptors (Lipinski definition) is 2. The Morgan fingerprint density at radius 1 is 1.05 bits per heavy atom. The SMILES string of the molecule is CCc1ccccc1C(NC)c1cccc(OC(C)C)c1. The van der Waals surface area contributed by atoms with Gasteiger partial charge in [-0.3, -0.25) is 0 Å². The van der Waals surface area contributed by atoms with Crippen LogP contribution < -0.4 is 10.1 Å². The van der Waals surface area contributed by atoms with Crippen LogP contribution in [0.3, 0.4) is 0 Å². The Labute approximate surface area is 128 Å². The molecule has 0 fully saturated rings. The highest BCUT2D eigenvalue weighted by molar-refractivity contribution is 5.40. The van der Waals surface area contributed by atoms with Crippen molar-refractivity contribution in [2.24, 2.45) is 0 Å². The summed E-state index contributed by atoms with van der Waals surface area (Å²) in [5, 5.41) is 3.43. The first-order valence-corrected chi connectivity index (χ1v) is 7.67. The third kappa shape index (κ3) is 3.85. The quantitative estimate of drug-likeness (QED) is 0.851. The zero-order valence-electron chi connectivity index (χ0n) is 13.4. The topological polar surface area (TPSA) is 21.3 Å². The molecule has 112 valence electrons. The summed E-state index contributed by atoms with van der Waals surface area (Å²) in [6, 6.07) is 17.2. The molecule has 0 aliphatic carbocycles. The lowest BCUT2D eigenvalue weighted by molar-refractivity contribution is 0.242. The van der Waals surface area contributed by atoms with Crippen molar-refractivity contribution in [1.82, 2.24) is 5.32 Å². The molecule has 0 spiro atoms. The van der Waals surface area contributed by atoms with Crippen LogP contribution in [0.15, 0.2) is 48.5 Å². The molecule has 0 bridgehead atoms. The van der Waals surface area contributed by atoms with Crippen molar-refractivity contribution in [3.63, 3.8) is 0 Å². The standard InChI is InChI=1S/C19H25NO/c1-5-15-9-6-7-12-18(15)19(20-4)16-10-8-11-17(13-16)21-14(2)3/h6-14,19-20H,5H2,1-4H3. The Kier molecular flexibility index (Phi) is 5.40. The Hall–Kier alpha value is -1.80. The van der Waals surface area contributed by atoms with Crippen LogP contribution in [0, 0.1) is 0 Å². The highest BCUT2D eigenvalue weighted by atomic mass is 16.5. The molecular formula is C19H25NO. The zero-order chi connectivity index (χ0) is 15.2. The molecule has 1 N–H and O–H groups in total. The van der Waals surface area contributed by atoms with Gasteiger partial charge in [0, 0.05) is 0 Å². The van der Waals surface area contributed by atoms with Gasteiger partial charge < -0.3 is 10.1 Å². The highest BCUT2D eigenvalue weighted by Gasteiger charge is 2.15. The van der Waals surface area contributed by atoms with Crippen LogP contribution in [0.2, 0.25) is 0 Å². The van der Waals surface area contributed by atoms with Gasteiger partial charge in [0.2, 0.25) is 0 Å². The van der Waals surface area contributed by atoms with Crippen molar-refractivity contribution in [3.8, 4) is 5.75 Å². The van der Waals surface area contributed by atoms with Gasteiger partial charge in [-0.15, -0.1) is 0 Å². The van der Waals surface area contributed by atoms with E-state index in [1.807, 2.05) is 13.1 Å². The molecule has 0 aliphatic rings. The van der Waals surface area contributed by atoms with E-state index in [9.17, 15) is 0 Å². The molecule has 0 aliphatic heterocycles. The third-order valence-corrected chi connectivity index (χ3v) is 3.60. The van der Waals surface area contributed by atoms with E-state index in [1.165, 1.54) is 16.7 Å². The average molecular weight is 283 g/mol. The van der Waals surface area contributed by atoms with E-state index in [4.69, 9.17) is 4.74 Å². The maximum absolute atomic E-state index is 5.81. The Bertz CT molecular complexity index is 577. The first kappa shape index (κ1) is 15.6. The number of benzene rings is 2. The lowest BCUT2D eigenvalue weighted by atomic mass is 9.93. The number of ether oxygens (including phenoxy) is 1. The second-order valence-corrected chi connectivity index (χ2v) is 5.51. The fourth-order valence-corrected chi connectivity index (χ4v) is 2.68. The fraction of sp³-hybridized carbons (Fsp3) is 0.368. The van der Waals surface area contributed by atoms with Gasteiger partial charge in [0.15, 0.2) is 0 Å². The molecule has 0 amide bonds. The second kappa shape index (κ2) is 7.28. The largest absolute Gasteiger partial charge is 0.491 e. The van der Waals surface area contributed by atoms with E-state index in [1.54, 1.807) is 0 Å². The predicted molar refractivity (Wildman–Crippen MR) is 88.9 cm³/mol. The maximum Gasteiger partial charge on any atom is 0.120 e. The molecule has 2 heteroatoms. The van der Waals surface area contributed by atoms with Crippen molar-refractivity contribution in [2.75, 3.05) is 7.05 Å². The Morgan fingerprint density at radius 3 is 2.48 bits per heavy atom. The zero-order valence-corrected chi connectivity index (χ0v) is 13.4. The summed E-state index contributed by atoms with van der Waals surface area (Å²) < 4.78 is 5.81. The lowest BCUT2D eigenvalue weighted by Crippen LogP contribution is -2.19. The molecule has 2 aromatic rings. The van der Waals surface area contributed by atoms with Crippen molar-refractivity contribution < 1.29 is 4.74 Å². The molecule has 0 heterocycles. The summed E-state index contributed by atoms with van der Waals surface area (Å²) in [6.07, 6.45) is 1.23. The van der Waals surface area contributed by atoms with Gasteiger partial charge in [-0.25, -0.2) is 0 Å². The number of rotatable bonds is 6. The molecule has 2 nitrogen and oxygen atoms in total. The monoisotopic (exact) mass is 283 g/mol. The second-order valence-electron chi connectivity index (χ2n) is 5.51. The van der Waals surface area contributed by atoms with Crippen molar-refractivity contribution in [2.45, 2.75) is 39.3 Å². The smallest absolute Gasteiger partial charge is 0.120 e. The van der Waals surface area contributed by atoms with Gasteiger partial charge in [0.25, 0.3) is 0 Å². The van der Waals surface area contributed by atoms with Crippen LogP contribution in [-0.4, -0.2) is 13.2 Å². The van der Waals surface area contributed by atoms with E-state index in [0.717, 1.165) is 12.2 Å². The molecular weight excluding hydrogens is 258 g/mol. The minimum Gasteiger partial charge on any atom is -0.491 e. The Balaban J connectivity index is 2.37. The van der Waals surface area contributed by atoms with Crippen LogP contribution >= 0.6 is 0 Å². The van der Waals surface area contributed by atoms with Crippen LogP contribution in [0.25, 0.3) is 0 Å². The van der Waals surface area contributed by atoms with Crippen molar-refractivity contribution in [1.29, 1.82) is 0 Å². The molecule has 2 rings (SSSR count). The molecule has 1 unspecified atom stereocenters. The number of nitrogens with one attached hydrogen (secondary N) is 1. The molecule has 0 saturated heterocycles. The van der Waals surface area contributed by atoms with E-state index in [-0.39, 0.29) is 12.1 Å². The predicted octanol–water partition coefficient (Wildman–Crippen LogP) is 4.35. The lowest BCUT2D eigenvalue weighted by Gasteiger charge is -2.21. The molecule has 2 aromatic carbocycles. The first-order chi connectivity index (χ1) is 10.2. The summed E-state index contributed by atoms with van der Waals surface area (Å²) in [5.41, 5.74) is 3.95. The summed E-state index contributed by atoms with van der Waals surface area (Å²) in [7, 11) is 2.01. The van der Waals surface area contributed by atoms with E-state index in [2.05, 4.69) is 68.6 Å². The van der Waals surface area contributed by atoms with Gasteiger partial charge in [-0.1, -0.05) is 43.3 Å². The highest BCUT2D eigenvalue weighted by Crippen LogP contribution is 2.28. The minimum absolute atomic E-state index is 0.191. The summed E-state index contributed by atoms with van der Waals surface area (Å²) >= 11 is 0. The summed E-state index contributed by atoms with van der Waals surface area (Å²) in [4.78, 5) is 0. The fourth-order valence-electron chi connectivity index (χ4n) is 2.68. The maximum atomic E-state index is 5.81. The minimum atomic E-state index is 0.191. The first-order valence-electron chi connectivity index (χ1n) is 7.67. The third-order valence-electron chi connectivity index (χ3n) is 3.60. The molecule has 0 aromatic heterocycles. The van der Waals surface area contributed by atoms with E-state index >= 15 is 0 Å². The molecule has 1 atom stereocenters. The summed E-state index contributed by atoms with van der Waals surface area (Å²) in [5.74, 6) is 0.928. The van der Waals surface area contributed by atoms with Gasteiger partial charge in [-0.2, -0.15) is 0 Å². The van der Waals surface area contributed by atoms with Crippen LogP contribution in [0.4, 0.5) is 0 Å². The average Bonchev–Trinajstić information content (AvgIpc) is 2.48. The van der Waals surface area contributed by atoms with Crippen LogP contribution in [-0.2, 0) is 6.42 Å². The van der Waals surface area contributed by atoms with Crippen LogP contribution in [0.5, 0.6) is 5.75 Å². The normalized spacial score (nSPS) is 12.4. The van der Waals surface area contributed by atoms with Gasteiger partial charge in [0.05, 0.1) is 12.1 Å². The van der Waals surface area contributed by atoms with E-state index in [0.29, 0.717) is 0 Å². The number of hydrogen-bond donors (Lipinski definition) is 1. The van der Waals surface area contributed by atoms with Gasteiger partial charge in [-0.05, 0) is 56.1 Å². The molecule has 0 radical (unpaired) electrons. The van der Waals surface area contributed by atoms with E-state index < -0.39 is 0 Å². The number of aryl methyl sites for hydroxylation is 1. The summed E-state index contributed by atoms with van der Waals surface area (Å²) in [6.45, 7) is 6.30. The van der Waals surface area contributed by atoms with Gasteiger partial charge >= 0.3 is 0 Å². The van der Waals surface area contributed by atoms with Crippen molar-refractivity contribution >= 4 is 0 Å². The van der Waals surface area contributed by atoms with Crippen LogP contribution in [0.1, 0.15) is 43.5 Å². The van der Waals surface area contributed by atoms with Crippen molar-refractivity contribution in [3.05, 3.63) is 65.2 Å². The van der Waals surface area contributed by atoms with Gasteiger partial charge in [0.1, 0.15) is 5.75 Å². The molecule has 0 saturated carbocycles. The molecule has 21 heavy (non-hydrogen) atoms.